The third-order valence-corrected chi connectivity index (χ3v) is 5.60. The number of nitrogens with zero attached hydrogens (tertiary/aromatic N) is 1. The zero-order chi connectivity index (χ0) is 19.5. The average molecular weight is 395 g/mol. The number of aryl methyl sites for hydroxylation is 2. The fraction of sp³-hybridized carbons (Fsp3) is 0.222. The number of benzene rings is 2. The van der Waals surface area contributed by atoms with Gasteiger partial charge in [-0.3, -0.25) is 13.9 Å². The Labute approximate surface area is 157 Å². The Morgan fingerprint density at radius 3 is 2.04 bits per heavy atom. The van der Waals surface area contributed by atoms with Crippen LogP contribution in [0, 0.1) is 13.8 Å². The van der Waals surface area contributed by atoms with Crippen molar-refractivity contribution in [1.29, 1.82) is 0 Å². The molecular weight excluding hydrogens is 376 g/mol. The number of sulfonamides is 1. The Hall–Kier alpha value is -2.38. The summed E-state index contributed by atoms with van der Waals surface area (Å²) in [6, 6.07) is 11.1. The van der Waals surface area contributed by atoms with Crippen LogP contribution in [0.4, 0.5) is 11.4 Å². The van der Waals surface area contributed by atoms with E-state index >= 15 is 0 Å². The first-order valence-electron chi connectivity index (χ1n) is 7.78. The molecule has 0 heterocycles. The molecule has 1 N–H and O–H groups in total. The third-order valence-electron chi connectivity index (χ3n) is 3.72. The molecule has 0 fully saturated rings. The van der Waals surface area contributed by atoms with E-state index in [1.54, 1.807) is 26.0 Å². The molecular formula is C18H19ClN2O4S. The predicted molar refractivity (Wildman–Crippen MR) is 102 cm³/mol. The summed E-state index contributed by atoms with van der Waals surface area (Å²) in [4.78, 5) is 22.6. The van der Waals surface area contributed by atoms with E-state index in [9.17, 15) is 18.0 Å². The van der Waals surface area contributed by atoms with Gasteiger partial charge in [0.15, 0.2) is 0 Å². The highest BCUT2D eigenvalue weighted by Crippen LogP contribution is 2.30. The summed E-state index contributed by atoms with van der Waals surface area (Å²) >= 11 is 5.51. The van der Waals surface area contributed by atoms with Gasteiger partial charge in [0, 0.05) is 12.6 Å². The third kappa shape index (κ3) is 4.42. The Morgan fingerprint density at radius 1 is 1.04 bits per heavy atom. The van der Waals surface area contributed by atoms with Crippen molar-refractivity contribution in [2.45, 2.75) is 25.7 Å². The summed E-state index contributed by atoms with van der Waals surface area (Å²) in [5.74, 6) is -0.259. The number of anilines is 2. The molecule has 0 bridgehead atoms. The van der Waals surface area contributed by atoms with Gasteiger partial charge in [0.1, 0.15) is 6.54 Å². The molecule has 0 radical (unpaired) electrons. The second-order valence-electron chi connectivity index (χ2n) is 5.81. The van der Waals surface area contributed by atoms with Gasteiger partial charge in [0.05, 0.1) is 10.6 Å². The van der Waals surface area contributed by atoms with Crippen LogP contribution in [0.5, 0.6) is 0 Å². The number of hydrogen-bond acceptors (Lipinski definition) is 4. The second-order valence-corrected chi connectivity index (χ2v) is 8.10. The fourth-order valence-electron chi connectivity index (χ4n) is 2.64. The molecule has 2 rings (SSSR count). The van der Waals surface area contributed by atoms with Crippen LogP contribution in [-0.2, 0) is 19.6 Å². The molecule has 138 valence electrons. The van der Waals surface area contributed by atoms with Gasteiger partial charge < -0.3 is 5.32 Å². The van der Waals surface area contributed by atoms with E-state index in [-0.39, 0.29) is 10.8 Å². The van der Waals surface area contributed by atoms with Crippen LogP contribution >= 0.6 is 11.6 Å². The number of hydrogen-bond donors (Lipinski definition) is 1. The second kappa shape index (κ2) is 7.88. The zero-order valence-electron chi connectivity index (χ0n) is 14.6. The fourth-order valence-corrected chi connectivity index (χ4v) is 4.38. The van der Waals surface area contributed by atoms with Crippen molar-refractivity contribution in [3.63, 3.8) is 0 Å². The van der Waals surface area contributed by atoms with Gasteiger partial charge in [-0.2, -0.15) is 0 Å². The van der Waals surface area contributed by atoms with Gasteiger partial charge in [0.2, 0.25) is 11.1 Å². The first kappa shape index (κ1) is 19.9. The summed E-state index contributed by atoms with van der Waals surface area (Å²) < 4.78 is 27.3. The molecule has 6 nitrogen and oxygen atoms in total. The standard InChI is InChI=1S/C18H19ClN2O4S/c1-12-5-4-6-13(2)18(12)21(11-17(19)23)26(24,25)16-9-7-15(8-10-16)20-14(3)22/h4-10H,11H2,1-3H3,(H,20,22). The largest absolute Gasteiger partial charge is 0.326 e. The highest BCUT2D eigenvalue weighted by Gasteiger charge is 2.28. The SMILES string of the molecule is CC(=O)Nc1ccc(S(=O)(=O)N(CC(=O)Cl)c2c(C)cccc2C)cc1. The molecule has 0 saturated carbocycles. The molecule has 0 saturated heterocycles. The number of halogens is 1. The van der Waals surface area contributed by atoms with E-state index in [4.69, 9.17) is 11.6 Å². The Kier molecular flexibility index (Phi) is 6.05. The lowest BCUT2D eigenvalue weighted by Gasteiger charge is -2.26. The number of carbonyl (C=O) groups excluding carboxylic acids is 2. The van der Waals surface area contributed by atoms with E-state index in [0.29, 0.717) is 22.5 Å². The normalized spacial score (nSPS) is 11.1. The van der Waals surface area contributed by atoms with Crippen molar-refractivity contribution in [2.24, 2.45) is 0 Å². The van der Waals surface area contributed by atoms with Crippen LogP contribution in [0.1, 0.15) is 18.1 Å². The van der Waals surface area contributed by atoms with Crippen LogP contribution in [0.2, 0.25) is 0 Å². The van der Waals surface area contributed by atoms with Crippen LogP contribution in [0.15, 0.2) is 47.4 Å². The minimum absolute atomic E-state index is 0.00725. The van der Waals surface area contributed by atoms with Crippen LogP contribution < -0.4 is 9.62 Å². The quantitative estimate of drug-likeness (QED) is 0.762. The van der Waals surface area contributed by atoms with Crippen molar-refractivity contribution < 1.29 is 18.0 Å². The lowest BCUT2D eigenvalue weighted by Crippen LogP contribution is -2.35. The van der Waals surface area contributed by atoms with E-state index in [1.165, 1.54) is 31.2 Å². The molecule has 0 spiro atoms. The summed E-state index contributed by atoms with van der Waals surface area (Å²) in [7, 11) is -4.02. The topological polar surface area (TPSA) is 83.6 Å². The highest BCUT2D eigenvalue weighted by molar-refractivity contribution is 7.92. The van der Waals surface area contributed by atoms with Gasteiger partial charge in [-0.25, -0.2) is 8.42 Å². The molecule has 0 aliphatic rings. The first-order chi connectivity index (χ1) is 12.1. The molecule has 0 atom stereocenters. The molecule has 0 aromatic heterocycles. The lowest BCUT2D eigenvalue weighted by molar-refractivity contribution is -0.114. The zero-order valence-corrected chi connectivity index (χ0v) is 16.2. The first-order valence-corrected chi connectivity index (χ1v) is 9.59. The lowest BCUT2D eigenvalue weighted by atomic mass is 10.1. The molecule has 8 heteroatoms. The van der Waals surface area contributed by atoms with Crippen molar-refractivity contribution in [1.82, 2.24) is 0 Å². The summed E-state index contributed by atoms with van der Waals surface area (Å²) in [5.41, 5.74) is 2.32. The highest BCUT2D eigenvalue weighted by atomic mass is 35.5. The molecule has 1 amide bonds. The van der Waals surface area contributed by atoms with Gasteiger partial charge in [0.25, 0.3) is 10.0 Å². The van der Waals surface area contributed by atoms with Crippen LogP contribution in [0.25, 0.3) is 0 Å². The van der Waals surface area contributed by atoms with E-state index in [2.05, 4.69) is 5.32 Å². The van der Waals surface area contributed by atoms with Gasteiger partial charge in [-0.05, 0) is 60.8 Å². The van der Waals surface area contributed by atoms with Crippen LogP contribution in [-0.4, -0.2) is 26.1 Å². The summed E-state index contributed by atoms with van der Waals surface area (Å²) in [6.07, 6.45) is 0. The number of carbonyl (C=O) groups is 2. The molecule has 0 aliphatic heterocycles. The molecule has 2 aromatic carbocycles. The van der Waals surface area contributed by atoms with Crippen molar-refractivity contribution in [3.05, 3.63) is 53.6 Å². The average Bonchev–Trinajstić information content (AvgIpc) is 2.53. The van der Waals surface area contributed by atoms with Crippen LogP contribution in [0.3, 0.4) is 0 Å². The van der Waals surface area contributed by atoms with Gasteiger partial charge >= 0.3 is 0 Å². The Morgan fingerprint density at radius 2 is 1.58 bits per heavy atom. The minimum atomic E-state index is -4.02. The molecule has 2 aromatic rings. The van der Waals surface area contributed by atoms with E-state index in [1.807, 2.05) is 6.07 Å². The number of rotatable bonds is 6. The molecule has 26 heavy (non-hydrogen) atoms. The van der Waals surface area contributed by atoms with E-state index < -0.39 is 21.8 Å². The van der Waals surface area contributed by atoms with Crippen molar-refractivity contribution >= 4 is 44.1 Å². The maximum absolute atomic E-state index is 13.1. The van der Waals surface area contributed by atoms with Gasteiger partial charge in [-0.15, -0.1) is 0 Å². The van der Waals surface area contributed by atoms with Crippen molar-refractivity contribution in [2.75, 3.05) is 16.2 Å². The van der Waals surface area contributed by atoms with E-state index in [0.717, 1.165) is 4.31 Å². The maximum Gasteiger partial charge on any atom is 0.264 e. The molecule has 0 unspecified atom stereocenters. The number of nitrogens with one attached hydrogen (secondary N) is 1. The number of para-hydroxylation sites is 1. The minimum Gasteiger partial charge on any atom is -0.326 e. The summed E-state index contributed by atoms with van der Waals surface area (Å²) in [5, 5.41) is 1.79. The smallest absolute Gasteiger partial charge is 0.264 e. The summed E-state index contributed by atoms with van der Waals surface area (Å²) in [6.45, 7) is 4.41. The maximum atomic E-state index is 13.1. The predicted octanol–water partition coefficient (Wildman–Crippen LogP) is 3.22. The monoisotopic (exact) mass is 394 g/mol. The Bertz CT molecular complexity index is 920. The Balaban J connectivity index is 2.53. The number of amides is 1. The van der Waals surface area contributed by atoms with Gasteiger partial charge in [-0.1, -0.05) is 18.2 Å². The molecule has 0 aliphatic carbocycles. The van der Waals surface area contributed by atoms with Crippen molar-refractivity contribution in [3.8, 4) is 0 Å².